The molecule has 0 radical (unpaired) electrons. The summed E-state index contributed by atoms with van der Waals surface area (Å²) in [5.41, 5.74) is 2.86. The van der Waals surface area contributed by atoms with E-state index in [-0.39, 0.29) is 6.61 Å². The van der Waals surface area contributed by atoms with Crippen molar-refractivity contribution < 1.29 is 9.84 Å². The molecule has 0 aliphatic heterocycles. The average molecular weight is 418 g/mol. The van der Waals surface area contributed by atoms with Gasteiger partial charge in [-0.1, -0.05) is 19.8 Å². The molecule has 0 spiro atoms. The van der Waals surface area contributed by atoms with E-state index in [2.05, 4.69) is 32.6 Å². The SMILES string of the molecule is CCCCCNc1c(-c2ccc(OCCO)cc2)nc2ccc(Br)cn12. The highest BCUT2D eigenvalue weighted by Crippen LogP contribution is 2.31. The van der Waals surface area contributed by atoms with E-state index < -0.39 is 0 Å². The molecule has 6 heteroatoms. The van der Waals surface area contributed by atoms with Crippen molar-refractivity contribution in [1.82, 2.24) is 9.38 Å². The molecule has 0 bridgehead atoms. The zero-order valence-corrected chi connectivity index (χ0v) is 16.5. The number of pyridine rings is 1. The van der Waals surface area contributed by atoms with Crippen molar-refractivity contribution in [3.05, 3.63) is 47.1 Å². The van der Waals surface area contributed by atoms with Crippen molar-refractivity contribution >= 4 is 27.4 Å². The summed E-state index contributed by atoms with van der Waals surface area (Å²) >= 11 is 3.55. The number of fused-ring (bicyclic) bond motifs is 1. The summed E-state index contributed by atoms with van der Waals surface area (Å²) in [6, 6.07) is 11.8. The topological polar surface area (TPSA) is 58.8 Å². The Kier molecular flexibility index (Phi) is 6.52. The summed E-state index contributed by atoms with van der Waals surface area (Å²) in [5, 5.41) is 12.4. The molecule has 0 unspecified atom stereocenters. The van der Waals surface area contributed by atoms with Crippen LogP contribution in [0, 0.1) is 0 Å². The monoisotopic (exact) mass is 417 g/mol. The van der Waals surface area contributed by atoms with Gasteiger partial charge >= 0.3 is 0 Å². The Labute approximate surface area is 162 Å². The fourth-order valence-corrected chi connectivity index (χ4v) is 3.18. The molecule has 3 rings (SSSR count). The van der Waals surface area contributed by atoms with Gasteiger partial charge in [-0.05, 0) is 58.7 Å². The zero-order chi connectivity index (χ0) is 18.4. The molecule has 0 saturated heterocycles. The van der Waals surface area contributed by atoms with Crippen molar-refractivity contribution in [3.63, 3.8) is 0 Å². The Bertz CT molecular complexity index is 846. The molecule has 3 aromatic rings. The van der Waals surface area contributed by atoms with E-state index in [9.17, 15) is 0 Å². The molecule has 0 aliphatic carbocycles. The Morgan fingerprint density at radius 2 is 1.96 bits per heavy atom. The number of ether oxygens (including phenoxy) is 1. The smallest absolute Gasteiger partial charge is 0.139 e. The van der Waals surface area contributed by atoms with Crippen LogP contribution < -0.4 is 10.1 Å². The number of aliphatic hydroxyl groups excluding tert-OH is 1. The van der Waals surface area contributed by atoms with Crippen molar-refractivity contribution in [3.8, 4) is 17.0 Å². The predicted octanol–water partition coefficient (Wildman–Crippen LogP) is 4.74. The second-order valence-electron chi connectivity index (χ2n) is 6.11. The van der Waals surface area contributed by atoms with Gasteiger partial charge in [-0.2, -0.15) is 0 Å². The van der Waals surface area contributed by atoms with E-state index in [0.29, 0.717) is 6.61 Å². The fourth-order valence-electron chi connectivity index (χ4n) is 2.84. The minimum Gasteiger partial charge on any atom is -0.491 e. The van der Waals surface area contributed by atoms with Gasteiger partial charge in [0.1, 0.15) is 29.5 Å². The summed E-state index contributed by atoms with van der Waals surface area (Å²) < 4.78 is 8.54. The fraction of sp³-hybridized carbons (Fsp3) is 0.350. The third-order valence-corrected chi connectivity index (χ3v) is 4.61. The third kappa shape index (κ3) is 4.37. The number of aliphatic hydroxyl groups is 1. The number of halogens is 1. The predicted molar refractivity (Wildman–Crippen MR) is 109 cm³/mol. The van der Waals surface area contributed by atoms with Crippen molar-refractivity contribution in [2.24, 2.45) is 0 Å². The zero-order valence-electron chi connectivity index (χ0n) is 14.9. The average Bonchev–Trinajstić information content (AvgIpc) is 3.02. The number of anilines is 1. The van der Waals surface area contributed by atoms with Crippen molar-refractivity contribution in [2.45, 2.75) is 26.2 Å². The molecule has 26 heavy (non-hydrogen) atoms. The molecule has 0 saturated carbocycles. The summed E-state index contributed by atoms with van der Waals surface area (Å²) in [5.74, 6) is 1.74. The summed E-state index contributed by atoms with van der Waals surface area (Å²) in [4.78, 5) is 4.81. The van der Waals surface area contributed by atoms with Crippen LogP contribution in [0.15, 0.2) is 47.1 Å². The van der Waals surface area contributed by atoms with Gasteiger partial charge in [0.25, 0.3) is 0 Å². The minimum absolute atomic E-state index is 0.00882. The molecule has 0 amide bonds. The standard InChI is InChI=1S/C20H24BrN3O2/c1-2-3-4-11-22-20-19(23-18-10-7-16(21)14-24(18)20)15-5-8-17(9-6-15)26-13-12-25/h5-10,14,22,25H,2-4,11-13H2,1H3. The van der Waals surface area contributed by atoms with Crippen LogP contribution in [0.2, 0.25) is 0 Å². The quantitative estimate of drug-likeness (QED) is 0.493. The lowest BCUT2D eigenvalue weighted by Crippen LogP contribution is -2.05. The van der Waals surface area contributed by atoms with Crippen molar-refractivity contribution in [1.29, 1.82) is 0 Å². The number of hydrogen-bond acceptors (Lipinski definition) is 4. The first-order valence-electron chi connectivity index (χ1n) is 8.98. The first-order valence-corrected chi connectivity index (χ1v) is 9.78. The van der Waals surface area contributed by atoms with E-state index in [1.165, 1.54) is 12.8 Å². The number of rotatable bonds is 9. The Morgan fingerprint density at radius 1 is 1.15 bits per heavy atom. The molecule has 2 heterocycles. The van der Waals surface area contributed by atoms with Gasteiger partial charge < -0.3 is 15.2 Å². The number of hydrogen-bond donors (Lipinski definition) is 2. The number of nitrogens with one attached hydrogen (secondary N) is 1. The largest absolute Gasteiger partial charge is 0.491 e. The Morgan fingerprint density at radius 3 is 2.69 bits per heavy atom. The number of benzene rings is 1. The molecule has 2 N–H and O–H groups in total. The van der Waals surface area contributed by atoms with Gasteiger partial charge in [0.2, 0.25) is 0 Å². The molecule has 0 aliphatic rings. The second kappa shape index (κ2) is 9.05. The highest BCUT2D eigenvalue weighted by molar-refractivity contribution is 9.10. The normalized spacial score (nSPS) is 11.0. The maximum absolute atomic E-state index is 8.87. The summed E-state index contributed by atoms with van der Waals surface area (Å²) in [6.07, 6.45) is 5.57. The van der Waals surface area contributed by atoms with E-state index in [1.54, 1.807) is 0 Å². The lowest BCUT2D eigenvalue weighted by Gasteiger charge is -2.09. The van der Waals surface area contributed by atoms with Crippen LogP contribution in [0.3, 0.4) is 0 Å². The first-order chi connectivity index (χ1) is 12.7. The van der Waals surface area contributed by atoms with Gasteiger partial charge in [0, 0.05) is 22.8 Å². The van der Waals surface area contributed by atoms with E-state index in [4.69, 9.17) is 14.8 Å². The first kappa shape index (κ1) is 18.7. The van der Waals surface area contributed by atoms with Crippen LogP contribution in [0.5, 0.6) is 5.75 Å². The number of unbranched alkanes of at least 4 members (excludes halogenated alkanes) is 2. The molecule has 0 fully saturated rings. The van der Waals surface area contributed by atoms with Gasteiger partial charge in [-0.15, -0.1) is 0 Å². The Hall–Kier alpha value is -2.05. The second-order valence-corrected chi connectivity index (χ2v) is 7.03. The van der Waals surface area contributed by atoms with Crippen molar-refractivity contribution in [2.75, 3.05) is 25.1 Å². The van der Waals surface area contributed by atoms with Gasteiger partial charge in [0.15, 0.2) is 0 Å². The number of aromatic nitrogens is 2. The molecule has 1 aromatic carbocycles. The minimum atomic E-state index is 0.00882. The van der Waals surface area contributed by atoms with Gasteiger partial charge in [-0.25, -0.2) is 4.98 Å². The maximum atomic E-state index is 8.87. The molecule has 0 atom stereocenters. The van der Waals surface area contributed by atoms with Crippen LogP contribution in [-0.2, 0) is 0 Å². The van der Waals surface area contributed by atoms with E-state index in [1.807, 2.05) is 42.6 Å². The van der Waals surface area contributed by atoms with Crippen LogP contribution in [0.4, 0.5) is 5.82 Å². The summed E-state index contributed by atoms with van der Waals surface area (Å²) in [7, 11) is 0. The van der Waals surface area contributed by atoms with E-state index >= 15 is 0 Å². The van der Waals surface area contributed by atoms with Gasteiger partial charge in [-0.3, -0.25) is 4.40 Å². The number of nitrogens with zero attached hydrogens (tertiary/aromatic N) is 2. The summed E-state index contributed by atoms with van der Waals surface area (Å²) in [6.45, 7) is 3.43. The molecule has 5 nitrogen and oxygen atoms in total. The van der Waals surface area contributed by atoms with Crippen LogP contribution in [0.1, 0.15) is 26.2 Å². The molecular formula is C20H24BrN3O2. The lowest BCUT2D eigenvalue weighted by molar-refractivity contribution is 0.201. The third-order valence-electron chi connectivity index (χ3n) is 4.14. The molecule has 138 valence electrons. The van der Waals surface area contributed by atoms with E-state index in [0.717, 1.165) is 45.9 Å². The Balaban J connectivity index is 1.92. The highest BCUT2D eigenvalue weighted by Gasteiger charge is 2.14. The number of imidazole rings is 1. The van der Waals surface area contributed by atoms with Crippen LogP contribution in [0.25, 0.3) is 16.9 Å². The molecule has 2 aromatic heterocycles. The maximum Gasteiger partial charge on any atom is 0.139 e. The van der Waals surface area contributed by atoms with Crippen LogP contribution >= 0.6 is 15.9 Å². The highest BCUT2D eigenvalue weighted by atomic mass is 79.9. The molecular weight excluding hydrogens is 394 g/mol. The van der Waals surface area contributed by atoms with Crippen LogP contribution in [-0.4, -0.2) is 34.2 Å². The lowest BCUT2D eigenvalue weighted by atomic mass is 10.1. The van der Waals surface area contributed by atoms with Gasteiger partial charge in [0.05, 0.1) is 6.61 Å².